The van der Waals surface area contributed by atoms with Gasteiger partial charge in [-0.2, -0.15) is 0 Å². The lowest BCUT2D eigenvalue weighted by atomic mass is 10.0. The van der Waals surface area contributed by atoms with Gasteiger partial charge in [-0.05, 0) is 48.7 Å². The molecule has 48 heavy (non-hydrogen) atoms. The van der Waals surface area contributed by atoms with Crippen LogP contribution in [-0.2, 0) is 22.6 Å². The molecular weight excluding hydrogens is 630 g/mol. The summed E-state index contributed by atoms with van der Waals surface area (Å²) in [6.07, 6.45) is 4.87. The van der Waals surface area contributed by atoms with Crippen molar-refractivity contribution in [3.05, 3.63) is 88.3 Å². The van der Waals surface area contributed by atoms with E-state index in [4.69, 9.17) is 26.1 Å². The normalized spacial score (nSPS) is 16.4. The summed E-state index contributed by atoms with van der Waals surface area (Å²) in [5.41, 5.74) is 6.48. The molecule has 0 radical (unpaired) electrons. The third-order valence-corrected chi connectivity index (χ3v) is 9.21. The first-order chi connectivity index (χ1) is 23.3. The number of likely N-dealkylation sites (tertiary alicyclic amines) is 1. The van der Waals surface area contributed by atoms with Crippen molar-refractivity contribution in [3.8, 4) is 28.4 Å². The van der Waals surface area contributed by atoms with E-state index in [2.05, 4.69) is 30.8 Å². The smallest absolute Gasteiger partial charge is 0.274 e. The second kappa shape index (κ2) is 15.2. The zero-order valence-electron chi connectivity index (χ0n) is 27.4. The van der Waals surface area contributed by atoms with Crippen LogP contribution in [0.4, 0.5) is 5.69 Å². The fourth-order valence-electron chi connectivity index (χ4n) is 6.24. The molecule has 1 atom stereocenters. The van der Waals surface area contributed by atoms with Crippen LogP contribution in [0.15, 0.2) is 60.9 Å². The number of carbonyl (C=O) groups excluding carboxylic acids is 2. The standard InChI is InChI=1S/C36H40ClN7O4/c1-22-27(5-4-6-29(22)42-35(46)31-10-7-23(15-40-31)18-44-19-24(20-44)21-47-2)34-33(37)28(13-14-39-34)30-11-8-25(36(43-30)48-3)16-38-17-26-9-12-32(45)41-26/h4-8,10-11,13-15,24,26,38H,9,12,16-21H2,1-3H3,(H,41,45)(H,42,46)/t26-/m0/s1. The van der Waals surface area contributed by atoms with E-state index < -0.39 is 0 Å². The summed E-state index contributed by atoms with van der Waals surface area (Å²) in [6.45, 7) is 6.74. The van der Waals surface area contributed by atoms with Gasteiger partial charge in [0.15, 0.2) is 0 Å². The van der Waals surface area contributed by atoms with Crippen LogP contribution in [0.25, 0.3) is 22.5 Å². The van der Waals surface area contributed by atoms with E-state index in [-0.39, 0.29) is 17.9 Å². The Kier molecular flexibility index (Phi) is 10.6. The van der Waals surface area contributed by atoms with Gasteiger partial charge < -0.3 is 25.4 Å². The number of nitrogens with one attached hydrogen (secondary N) is 3. The summed E-state index contributed by atoms with van der Waals surface area (Å²) in [5.74, 6) is 0.874. The molecule has 2 aliphatic heterocycles. The zero-order valence-corrected chi connectivity index (χ0v) is 28.1. The third-order valence-electron chi connectivity index (χ3n) is 8.82. The number of nitrogens with zero attached hydrogens (tertiary/aromatic N) is 4. The van der Waals surface area contributed by atoms with Crippen LogP contribution in [0, 0.1) is 12.8 Å². The fourth-order valence-corrected chi connectivity index (χ4v) is 6.55. The molecule has 2 amide bonds. The second-order valence-electron chi connectivity index (χ2n) is 12.3. The molecule has 11 nitrogen and oxygen atoms in total. The highest BCUT2D eigenvalue weighted by atomic mass is 35.5. The summed E-state index contributed by atoms with van der Waals surface area (Å²) < 4.78 is 10.9. The number of ether oxygens (including phenoxy) is 2. The van der Waals surface area contributed by atoms with Gasteiger partial charge in [0.05, 0.1) is 30.1 Å². The van der Waals surface area contributed by atoms with E-state index in [1.165, 1.54) is 0 Å². The van der Waals surface area contributed by atoms with Crippen LogP contribution in [0.2, 0.25) is 5.02 Å². The lowest BCUT2D eigenvalue weighted by Crippen LogP contribution is -2.47. The molecule has 2 fully saturated rings. The lowest BCUT2D eigenvalue weighted by Gasteiger charge is -2.38. The molecule has 2 saturated heterocycles. The first-order valence-electron chi connectivity index (χ1n) is 16.1. The van der Waals surface area contributed by atoms with E-state index in [0.29, 0.717) is 64.7 Å². The molecule has 1 aromatic carbocycles. The minimum atomic E-state index is -0.294. The summed E-state index contributed by atoms with van der Waals surface area (Å²) >= 11 is 7.00. The number of hydrogen-bond acceptors (Lipinski definition) is 9. The Morgan fingerprint density at radius 1 is 1.08 bits per heavy atom. The monoisotopic (exact) mass is 669 g/mol. The van der Waals surface area contributed by atoms with Gasteiger partial charge in [-0.15, -0.1) is 0 Å². The fraction of sp³-hybridized carbons (Fsp3) is 0.361. The second-order valence-corrected chi connectivity index (χ2v) is 12.7. The zero-order chi connectivity index (χ0) is 33.6. The number of hydrogen-bond donors (Lipinski definition) is 3. The molecule has 2 aliphatic rings. The Morgan fingerprint density at radius 2 is 1.94 bits per heavy atom. The largest absolute Gasteiger partial charge is 0.481 e. The summed E-state index contributed by atoms with van der Waals surface area (Å²) in [5, 5.41) is 9.80. The molecule has 6 rings (SSSR count). The molecule has 250 valence electrons. The highest BCUT2D eigenvalue weighted by molar-refractivity contribution is 6.35. The number of halogens is 1. The Labute approximate surface area is 285 Å². The maximum absolute atomic E-state index is 13.2. The van der Waals surface area contributed by atoms with Gasteiger partial charge >= 0.3 is 0 Å². The van der Waals surface area contributed by atoms with Gasteiger partial charge in [-0.1, -0.05) is 35.9 Å². The molecule has 12 heteroatoms. The highest BCUT2D eigenvalue weighted by Crippen LogP contribution is 2.38. The first kappa shape index (κ1) is 33.5. The van der Waals surface area contributed by atoms with E-state index >= 15 is 0 Å². The van der Waals surface area contributed by atoms with Crippen molar-refractivity contribution < 1.29 is 19.1 Å². The average Bonchev–Trinajstić information content (AvgIpc) is 3.50. The van der Waals surface area contributed by atoms with Gasteiger partial charge in [-0.3, -0.25) is 24.5 Å². The van der Waals surface area contributed by atoms with Crippen LogP contribution < -0.4 is 20.7 Å². The molecule has 0 aliphatic carbocycles. The maximum atomic E-state index is 13.2. The number of benzene rings is 1. The molecule has 0 spiro atoms. The van der Waals surface area contributed by atoms with Crippen LogP contribution in [0.3, 0.4) is 0 Å². The number of amides is 2. The number of rotatable bonds is 13. The Hall–Kier alpha value is -4.42. The number of pyridine rings is 3. The summed E-state index contributed by atoms with van der Waals surface area (Å²) in [4.78, 5) is 40.8. The molecule has 3 N–H and O–H groups in total. The molecule has 3 aromatic heterocycles. The molecule has 0 unspecified atom stereocenters. The van der Waals surface area contributed by atoms with Crippen molar-refractivity contribution in [2.45, 2.75) is 38.9 Å². The predicted molar refractivity (Wildman–Crippen MR) is 185 cm³/mol. The van der Waals surface area contributed by atoms with E-state index in [0.717, 1.165) is 54.9 Å². The molecule has 5 heterocycles. The third kappa shape index (κ3) is 7.65. The Balaban J connectivity index is 1.13. The van der Waals surface area contributed by atoms with Gasteiger partial charge in [0, 0.05) is 93.0 Å². The van der Waals surface area contributed by atoms with Gasteiger partial charge in [0.2, 0.25) is 11.8 Å². The molecule has 0 bridgehead atoms. The number of methoxy groups -OCH3 is 2. The van der Waals surface area contributed by atoms with Crippen molar-refractivity contribution in [3.63, 3.8) is 0 Å². The van der Waals surface area contributed by atoms with Gasteiger partial charge in [0.1, 0.15) is 5.69 Å². The lowest BCUT2D eigenvalue weighted by molar-refractivity contribution is -0.119. The SMILES string of the molecule is COCC1CN(Cc2ccc(C(=O)Nc3cccc(-c4nccc(-c5ccc(CNC[C@@H]6CCC(=O)N6)c(OC)n5)c4Cl)c3C)nc2)C1. The van der Waals surface area contributed by atoms with E-state index in [9.17, 15) is 9.59 Å². The minimum Gasteiger partial charge on any atom is -0.481 e. The van der Waals surface area contributed by atoms with Crippen molar-refractivity contribution in [2.24, 2.45) is 5.92 Å². The number of carbonyl (C=O) groups is 2. The van der Waals surface area contributed by atoms with Crippen molar-refractivity contribution >= 4 is 29.1 Å². The molecular formula is C36H40ClN7O4. The first-order valence-corrected chi connectivity index (χ1v) is 16.5. The van der Waals surface area contributed by atoms with Crippen molar-refractivity contribution in [2.75, 3.05) is 45.8 Å². The van der Waals surface area contributed by atoms with Crippen LogP contribution in [-0.4, -0.2) is 78.2 Å². The van der Waals surface area contributed by atoms with Crippen LogP contribution in [0.1, 0.15) is 40.0 Å². The van der Waals surface area contributed by atoms with E-state index in [1.54, 1.807) is 32.7 Å². The Bertz CT molecular complexity index is 1780. The predicted octanol–water partition coefficient (Wildman–Crippen LogP) is 4.87. The summed E-state index contributed by atoms with van der Waals surface area (Å²) in [6, 6.07) is 15.2. The topological polar surface area (TPSA) is 131 Å². The van der Waals surface area contributed by atoms with Gasteiger partial charge in [-0.25, -0.2) is 4.98 Å². The van der Waals surface area contributed by atoms with E-state index in [1.807, 2.05) is 49.4 Å². The average molecular weight is 670 g/mol. The quantitative estimate of drug-likeness (QED) is 0.182. The van der Waals surface area contributed by atoms with Crippen LogP contribution in [0.5, 0.6) is 5.88 Å². The van der Waals surface area contributed by atoms with Gasteiger partial charge in [0.25, 0.3) is 5.91 Å². The van der Waals surface area contributed by atoms with Crippen molar-refractivity contribution in [1.29, 1.82) is 0 Å². The Morgan fingerprint density at radius 3 is 2.67 bits per heavy atom. The molecule has 0 saturated carbocycles. The number of aromatic nitrogens is 3. The van der Waals surface area contributed by atoms with Crippen LogP contribution >= 0.6 is 11.6 Å². The molecule has 4 aromatic rings. The maximum Gasteiger partial charge on any atom is 0.274 e. The summed E-state index contributed by atoms with van der Waals surface area (Å²) in [7, 11) is 3.32. The van der Waals surface area contributed by atoms with Crippen molar-refractivity contribution in [1.82, 2.24) is 30.5 Å². The highest BCUT2D eigenvalue weighted by Gasteiger charge is 2.26. The minimum absolute atomic E-state index is 0.0963. The number of anilines is 1.